The number of aryl methyl sites for hydroxylation is 1. The van der Waals surface area contributed by atoms with Crippen LogP contribution in [0.25, 0.3) is 0 Å². The van der Waals surface area contributed by atoms with Crippen molar-refractivity contribution in [2.75, 3.05) is 25.0 Å². The highest BCUT2D eigenvalue weighted by Gasteiger charge is 2.16. The fourth-order valence-corrected chi connectivity index (χ4v) is 3.26. The third kappa shape index (κ3) is 6.91. The Morgan fingerprint density at radius 3 is 2.79 bits per heavy atom. The molecule has 4 heteroatoms. The SMILES string of the molecule is CCCCCc1cccc(NC(=O)O[C@H](C)CN2CCCCC2)c1. The number of carbonyl (C=O) groups excluding carboxylic acids is 1. The standard InChI is InChI=1S/C20H32N2O2/c1-3-4-6-10-18-11-9-12-19(15-18)21-20(23)24-17(2)16-22-13-7-5-8-14-22/h9,11-12,15,17H,3-8,10,13-14,16H2,1-2H3,(H,21,23)/t17-/m1/s1. The van der Waals surface area contributed by atoms with Crippen molar-refractivity contribution in [2.45, 2.75) is 64.9 Å². The smallest absolute Gasteiger partial charge is 0.411 e. The lowest BCUT2D eigenvalue weighted by atomic mass is 10.1. The highest BCUT2D eigenvalue weighted by atomic mass is 16.6. The Labute approximate surface area is 146 Å². The van der Waals surface area contributed by atoms with Crippen molar-refractivity contribution in [3.8, 4) is 0 Å². The molecule has 1 fully saturated rings. The number of likely N-dealkylation sites (tertiary alicyclic amines) is 1. The number of amides is 1. The summed E-state index contributed by atoms with van der Waals surface area (Å²) in [5, 5.41) is 2.86. The molecule has 1 amide bonds. The van der Waals surface area contributed by atoms with Crippen molar-refractivity contribution in [3.63, 3.8) is 0 Å². The first kappa shape index (κ1) is 18.8. The first-order chi connectivity index (χ1) is 11.7. The van der Waals surface area contributed by atoms with Crippen LogP contribution in [-0.4, -0.2) is 36.7 Å². The van der Waals surface area contributed by atoms with Gasteiger partial charge in [0.15, 0.2) is 0 Å². The Bertz CT molecular complexity index is 498. The summed E-state index contributed by atoms with van der Waals surface area (Å²) in [7, 11) is 0. The highest BCUT2D eigenvalue weighted by Crippen LogP contribution is 2.15. The van der Waals surface area contributed by atoms with E-state index < -0.39 is 0 Å². The molecule has 0 spiro atoms. The van der Waals surface area contributed by atoms with Gasteiger partial charge in [0.05, 0.1) is 0 Å². The van der Waals surface area contributed by atoms with Gasteiger partial charge >= 0.3 is 6.09 Å². The average Bonchev–Trinajstić information content (AvgIpc) is 2.56. The lowest BCUT2D eigenvalue weighted by Crippen LogP contribution is -2.37. The van der Waals surface area contributed by atoms with Crippen LogP contribution in [0.4, 0.5) is 10.5 Å². The summed E-state index contributed by atoms with van der Waals surface area (Å²) < 4.78 is 5.50. The van der Waals surface area contributed by atoms with Crippen LogP contribution in [0.1, 0.15) is 57.9 Å². The molecule has 1 N–H and O–H groups in total. The second kappa shape index (κ2) is 10.3. The van der Waals surface area contributed by atoms with E-state index in [1.165, 1.54) is 44.1 Å². The molecule has 1 heterocycles. The molecule has 1 aromatic rings. The van der Waals surface area contributed by atoms with Crippen molar-refractivity contribution in [2.24, 2.45) is 0 Å². The predicted molar refractivity (Wildman–Crippen MR) is 99.5 cm³/mol. The summed E-state index contributed by atoms with van der Waals surface area (Å²) in [5.41, 5.74) is 2.08. The number of nitrogens with zero attached hydrogens (tertiary/aromatic N) is 1. The fourth-order valence-electron chi connectivity index (χ4n) is 3.26. The normalized spacial score (nSPS) is 16.6. The molecule has 1 aromatic carbocycles. The van der Waals surface area contributed by atoms with Gasteiger partial charge < -0.3 is 4.74 Å². The van der Waals surface area contributed by atoms with Gasteiger partial charge in [0.25, 0.3) is 0 Å². The van der Waals surface area contributed by atoms with Crippen molar-refractivity contribution in [1.82, 2.24) is 4.90 Å². The summed E-state index contributed by atoms with van der Waals surface area (Å²) >= 11 is 0. The topological polar surface area (TPSA) is 41.6 Å². The maximum atomic E-state index is 12.1. The molecule has 1 aliphatic heterocycles. The van der Waals surface area contributed by atoms with E-state index in [4.69, 9.17) is 4.74 Å². The van der Waals surface area contributed by atoms with Gasteiger partial charge in [-0.1, -0.05) is 38.3 Å². The monoisotopic (exact) mass is 332 g/mol. The van der Waals surface area contributed by atoms with Crippen LogP contribution in [0.15, 0.2) is 24.3 Å². The molecule has 134 valence electrons. The first-order valence-electron chi connectivity index (χ1n) is 9.46. The number of ether oxygens (including phenoxy) is 1. The molecule has 4 nitrogen and oxygen atoms in total. The molecular formula is C20H32N2O2. The third-order valence-corrected chi connectivity index (χ3v) is 4.51. The van der Waals surface area contributed by atoms with Crippen molar-refractivity contribution < 1.29 is 9.53 Å². The second-order valence-corrected chi connectivity index (χ2v) is 6.86. The molecular weight excluding hydrogens is 300 g/mol. The Morgan fingerprint density at radius 1 is 1.25 bits per heavy atom. The number of benzene rings is 1. The summed E-state index contributed by atoms with van der Waals surface area (Å²) in [6.07, 6.45) is 8.10. The molecule has 0 radical (unpaired) electrons. The van der Waals surface area contributed by atoms with Gasteiger partial charge in [0.1, 0.15) is 6.10 Å². The van der Waals surface area contributed by atoms with Crippen LogP contribution in [0, 0.1) is 0 Å². The minimum absolute atomic E-state index is 0.0872. The lowest BCUT2D eigenvalue weighted by molar-refractivity contribution is 0.0833. The Kier molecular flexibility index (Phi) is 8.10. The van der Waals surface area contributed by atoms with E-state index in [1.54, 1.807) is 0 Å². The van der Waals surface area contributed by atoms with Crippen LogP contribution >= 0.6 is 0 Å². The largest absolute Gasteiger partial charge is 0.445 e. The number of anilines is 1. The number of hydrogen-bond donors (Lipinski definition) is 1. The molecule has 1 atom stereocenters. The van der Waals surface area contributed by atoms with Crippen molar-refractivity contribution in [1.29, 1.82) is 0 Å². The van der Waals surface area contributed by atoms with Crippen LogP contribution in [0.3, 0.4) is 0 Å². The molecule has 0 unspecified atom stereocenters. The summed E-state index contributed by atoms with van der Waals surface area (Å²) in [6.45, 7) is 7.24. The Morgan fingerprint density at radius 2 is 2.04 bits per heavy atom. The summed E-state index contributed by atoms with van der Waals surface area (Å²) in [6, 6.07) is 8.07. The molecule has 0 bridgehead atoms. The van der Waals surface area contributed by atoms with E-state index in [0.717, 1.165) is 31.7 Å². The number of nitrogens with one attached hydrogen (secondary N) is 1. The third-order valence-electron chi connectivity index (χ3n) is 4.51. The van der Waals surface area contributed by atoms with Gasteiger partial charge in [0, 0.05) is 12.2 Å². The lowest BCUT2D eigenvalue weighted by Gasteiger charge is -2.28. The van der Waals surface area contributed by atoms with Crippen LogP contribution in [0.5, 0.6) is 0 Å². The fraction of sp³-hybridized carbons (Fsp3) is 0.650. The van der Waals surface area contributed by atoms with E-state index in [-0.39, 0.29) is 12.2 Å². The van der Waals surface area contributed by atoms with Crippen LogP contribution in [0.2, 0.25) is 0 Å². The zero-order chi connectivity index (χ0) is 17.2. The zero-order valence-corrected chi connectivity index (χ0v) is 15.2. The van der Waals surface area contributed by atoms with E-state index in [0.29, 0.717) is 0 Å². The van der Waals surface area contributed by atoms with Crippen LogP contribution in [-0.2, 0) is 11.2 Å². The molecule has 0 saturated carbocycles. The maximum absolute atomic E-state index is 12.1. The van der Waals surface area contributed by atoms with Crippen molar-refractivity contribution >= 4 is 11.8 Å². The number of hydrogen-bond acceptors (Lipinski definition) is 3. The molecule has 1 aliphatic rings. The van der Waals surface area contributed by atoms with Gasteiger partial charge in [-0.15, -0.1) is 0 Å². The van der Waals surface area contributed by atoms with Gasteiger partial charge in [-0.05, 0) is 63.4 Å². The van der Waals surface area contributed by atoms with E-state index >= 15 is 0 Å². The predicted octanol–water partition coefficient (Wildman–Crippen LogP) is 4.84. The van der Waals surface area contributed by atoms with Gasteiger partial charge in [-0.3, -0.25) is 10.2 Å². The minimum atomic E-state index is -0.356. The number of rotatable bonds is 8. The Balaban J connectivity index is 1.75. The molecule has 24 heavy (non-hydrogen) atoms. The summed E-state index contributed by atoms with van der Waals surface area (Å²) in [5.74, 6) is 0. The van der Waals surface area contributed by atoms with Gasteiger partial charge in [-0.25, -0.2) is 4.79 Å². The average molecular weight is 332 g/mol. The Hall–Kier alpha value is -1.55. The maximum Gasteiger partial charge on any atom is 0.411 e. The van der Waals surface area contributed by atoms with Crippen molar-refractivity contribution in [3.05, 3.63) is 29.8 Å². The molecule has 1 saturated heterocycles. The van der Waals surface area contributed by atoms with Gasteiger partial charge in [0.2, 0.25) is 0 Å². The molecule has 0 aliphatic carbocycles. The van der Waals surface area contributed by atoms with Gasteiger partial charge in [-0.2, -0.15) is 0 Å². The minimum Gasteiger partial charge on any atom is -0.445 e. The molecule has 2 rings (SSSR count). The molecule has 0 aromatic heterocycles. The quantitative estimate of drug-likeness (QED) is 0.692. The van der Waals surface area contributed by atoms with E-state index in [2.05, 4.69) is 23.2 Å². The highest BCUT2D eigenvalue weighted by molar-refractivity contribution is 5.84. The first-order valence-corrected chi connectivity index (χ1v) is 9.46. The van der Waals surface area contributed by atoms with E-state index in [9.17, 15) is 4.79 Å². The summed E-state index contributed by atoms with van der Waals surface area (Å²) in [4.78, 5) is 14.5. The van der Waals surface area contributed by atoms with Crippen LogP contribution < -0.4 is 5.32 Å². The number of carbonyl (C=O) groups is 1. The number of piperidine rings is 1. The number of unbranched alkanes of at least 4 members (excludes halogenated alkanes) is 2. The van der Waals surface area contributed by atoms with E-state index in [1.807, 2.05) is 25.1 Å². The second-order valence-electron chi connectivity index (χ2n) is 6.86. The zero-order valence-electron chi connectivity index (χ0n) is 15.2.